The Kier molecular flexibility index (Phi) is 7.54. The quantitative estimate of drug-likeness (QED) is 0.691. The van der Waals surface area contributed by atoms with Crippen molar-refractivity contribution >= 4 is 40.9 Å². The topological polar surface area (TPSA) is 94.2 Å². The lowest BCUT2D eigenvalue weighted by atomic mass is 10.1. The molecule has 0 atom stereocenters. The number of nitrogens with one attached hydrogen (secondary N) is 2. The fraction of sp³-hybridized carbons (Fsp3) is 0.375. The molecular weight excluding hydrogens is 458 g/mol. The van der Waals surface area contributed by atoms with Crippen LogP contribution in [0.3, 0.4) is 0 Å². The van der Waals surface area contributed by atoms with Crippen LogP contribution in [0.1, 0.15) is 20.7 Å². The Morgan fingerprint density at radius 2 is 1.53 bits per heavy atom. The first-order valence-electron chi connectivity index (χ1n) is 11.2. The number of piperazine rings is 2. The summed E-state index contributed by atoms with van der Waals surface area (Å²) in [6.45, 7) is 4.99. The van der Waals surface area contributed by atoms with E-state index in [4.69, 9.17) is 16.3 Å². The Morgan fingerprint density at radius 1 is 0.882 bits per heavy atom. The number of methoxy groups -OCH3 is 1. The number of carbonyl (C=O) groups excluding carboxylic acids is 3. The minimum atomic E-state index is -0.609. The molecule has 9 nitrogen and oxygen atoms in total. The van der Waals surface area contributed by atoms with E-state index in [2.05, 4.69) is 15.5 Å². The predicted molar refractivity (Wildman–Crippen MR) is 131 cm³/mol. The highest BCUT2D eigenvalue weighted by molar-refractivity contribution is 6.31. The van der Waals surface area contributed by atoms with Crippen molar-refractivity contribution in [2.45, 2.75) is 0 Å². The van der Waals surface area contributed by atoms with E-state index in [0.29, 0.717) is 61.1 Å². The summed E-state index contributed by atoms with van der Waals surface area (Å²) in [4.78, 5) is 43.5. The lowest BCUT2D eigenvalue weighted by Gasteiger charge is -2.37. The van der Waals surface area contributed by atoms with Gasteiger partial charge in [-0.25, -0.2) is 4.79 Å². The molecule has 2 aliphatic rings. The van der Waals surface area contributed by atoms with Crippen LogP contribution in [0.15, 0.2) is 42.5 Å². The van der Waals surface area contributed by atoms with Crippen molar-refractivity contribution in [3.05, 3.63) is 58.6 Å². The predicted octanol–water partition coefficient (Wildman–Crippen LogP) is 2.53. The second-order valence-electron chi connectivity index (χ2n) is 8.18. The van der Waals surface area contributed by atoms with Crippen molar-refractivity contribution < 1.29 is 19.1 Å². The molecule has 10 heteroatoms. The van der Waals surface area contributed by atoms with E-state index in [1.807, 2.05) is 6.07 Å². The van der Waals surface area contributed by atoms with Gasteiger partial charge in [0.2, 0.25) is 0 Å². The highest BCUT2D eigenvalue weighted by atomic mass is 35.5. The summed E-state index contributed by atoms with van der Waals surface area (Å²) in [6, 6.07) is 12.2. The minimum absolute atomic E-state index is 0.0629. The summed E-state index contributed by atoms with van der Waals surface area (Å²) in [7, 11) is 1.30. The van der Waals surface area contributed by atoms with E-state index < -0.39 is 6.09 Å². The highest BCUT2D eigenvalue weighted by Crippen LogP contribution is 2.29. The third-order valence-electron chi connectivity index (χ3n) is 6.05. The maximum atomic E-state index is 13.0. The minimum Gasteiger partial charge on any atom is -0.453 e. The van der Waals surface area contributed by atoms with Gasteiger partial charge in [-0.3, -0.25) is 14.9 Å². The molecule has 180 valence electrons. The molecule has 2 aromatic carbocycles. The number of carbonyl (C=O) groups is 3. The molecule has 2 saturated heterocycles. The number of amides is 3. The molecule has 2 heterocycles. The molecule has 3 amide bonds. The van der Waals surface area contributed by atoms with Crippen molar-refractivity contribution in [2.24, 2.45) is 0 Å². The molecule has 2 aromatic rings. The second kappa shape index (κ2) is 10.8. The van der Waals surface area contributed by atoms with Crippen molar-refractivity contribution in [1.82, 2.24) is 15.1 Å². The molecule has 2 fully saturated rings. The summed E-state index contributed by atoms with van der Waals surface area (Å²) in [5.41, 5.74) is 2.34. The van der Waals surface area contributed by atoms with Crippen LogP contribution in [0.2, 0.25) is 5.02 Å². The average Bonchev–Trinajstić information content (AvgIpc) is 2.88. The maximum absolute atomic E-state index is 13.0. The van der Waals surface area contributed by atoms with Crippen molar-refractivity contribution in [3.8, 4) is 0 Å². The van der Waals surface area contributed by atoms with Gasteiger partial charge in [-0.1, -0.05) is 17.7 Å². The summed E-state index contributed by atoms with van der Waals surface area (Å²) in [5, 5.41) is 6.50. The van der Waals surface area contributed by atoms with Crippen LogP contribution in [0.25, 0.3) is 0 Å². The van der Waals surface area contributed by atoms with Crippen molar-refractivity contribution in [3.63, 3.8) is 0 Å². The van der Waals surface area contributed by atoms with E-state index in [9.17, 15) is 14.4 Å². The Labute approximate surface area is 203 Å². The summed E-state index contributed by atoms with van der Waals surface area (Å²) in [5.74, 6) is -0.134. The van der Waals surface area contributed by atoms with Gasteiger partial charge in [0.15, 0.2) is 0 Å². The van der Waals surface area contributed by atoms with Gasteiger partial charge in [0.1, 0.15) is 0 Å². The Morgan fingerprint density at radius 3 is 2.18 bits per heavy atom. The van der Waals surface area contributed by atoms with Gasteiger partial charge in [-0.2, -0.15) is 0 Å². The van der Waals surface area contributed by atoms with Gasteiger partial charge in [0.25, 0.3) is 11.8 Å². The molecule has 2 aliphatic heterocycles. The van der Waals surface area contributed by atoms with E-state index in [0.717, 1.165) is 18.8 Å². The van der Waals surface area contributed by atoms with Gasteiger partial charge < -0.3 is 24.8 Å². The standard InChI is InChI=1S/C24H28ClN5O4/c1-34-24(33)27-20-16-18(23(32)29-9-7-26-8-10-29)5-6-21(20)28-11-13-30(14-12-28)22(31)17-3-2-4-19(25)15-17/h2-6,15-16,26H,7-14H2,1H3,(H,27,33). The van der Waals surface area contributed by atoms with Crippen LogP contribution in [-0.4, -0.2) is 87.2 Å². The van der Waals surface area contributed by atoms with Gasteiger partial charge in [-0.15, -0.1) is 0 Å². The lowest BCUT2D eigenvalue weighted by Crippen LogP contribution is -2.49. The van der Waals surface area contributed by atoms with Crippen LogP contribution in [0.4, 0.5) is 16.2 Å². The second-order valence-corrected chi connectivity index (χ2v) is 8.62. The van der Waals surface area contributed by atoms with Crippen molar-refractivity contribution in [1.29, 1.82) is 0 Å². The van der Waals surface area contributed by atoms with E-state index in [-0.39, 0.29) is 11.8 Å². The van der Waals surface area contributed by atoms with Crippen molar-refractivity contribution in [2.75, 3.05) is 69.7 Å². The number of ether oxygens (including phenoxy) is 1. The molecule has 0 aromatic heterocycles. The molecule has 0 saturated carbocycles. The van der Waals surface area contributed by atoms with Gasteiger partial charge >= 0.3 is 6.09 Å². The first-order valence-corrected chi connectivity index (χ1v) is 11.6. The van der Waals surface area contributed by atoms with E-state index >= 15 is 0 Å². The van der Waals surface area contributed by atoms with Gasteiger partial charge in [0.05, 0.1) is 18.5 Å². The van der Waals surface area contributed by atoms with Crippen LogP contribution in [0, 0.1) is 0 Å². The summed E-state index contributed by atoms with van der Waals surface area (Å²) < 4.78 is 4.78. The van der Waals surface area contributed by atoms with Crippen LogP contribution in [-0.2, 0) is 4.74 Å². The first kappa shape index (κ1) is 23.8. The smallest absolute Gasteiger partial charge is 0.411 e. The highest BCUT2D eigenvalue weighted by Gasteiger charge is 2.25. The zero-order valence-electron chi connectivity index (χ0n) is 19.1. The Bertz CT molecular complexity index is 1070. The lowest BCUT2D eigenvalue weighted by molar-refractivity contribution is 0.0731. The largest absolute Gasteiger partial charge is 0.453 e. The monoisotopic (exact) mass is 485 g/mol. The van der Waals surface area contributed by atoms with Gasteiger partial charge in [0, 0.05) is 68.5 Å². The first-order chi connectivity index (χ1) is 16.5. The number of nitrogens with zero attached hydrogens (tertiary/aromatic N) is 3. The fourth-order valence-electron chi connectivity index (χ4n) is 4.21. The molecule has 2 N–H and O–H groups in total. The number of benzene rings is 2. The molecule has 0 aliphatic carbocycles. The number of halogens is 1. The number of hydrogen-bond acceptors (Lipinski definition) is 6. The zero-order valence-corrected chi connectivity index (χ0v) is 19.8. The van der Waals surface area contributed by atoms with Crippen LogP contribution < -0.4 is 15.5 Å². The molecule has 0 radical (unpaired) electrons. The van der Waals surface area contributed by atoms with Crippen LogP contribution >= 0.6 is 11.6 Å². The number of rotatable bonds is 4. The molecule has 34 heavy (non-hydrogen) atoms. The molecule has 0 bridgehead atoms. The average molecular weight is 486 g/mol. The van der Waals surface area contributed by atoms with E-state index in [1.54, 1.807) is 46.2 Å². The zero-order chi connectivity index (χ0) is 24.1. The Balaban J connectivity index is 1.49. The summed E-state index contributed by atoms with van der Waals surface area (Å²) in [6.07, 6.45) is -0.609. The molecular formula is C24H28ClN5O4. The Hall–Kier alpha value is -3.30. The molecule has 0 spiro atoms. The number of hydrogen-bond donors (Lipinski definition) is 2. The fourth-order valence-corrected chi connectivity index (χ4v) is 4.40. The third-order valence-corrected chi connectivity index (χ3v) is 6.28. The van der Waals surface area contributed by atoms with Gasteiger partial charge in [-0.05, 0) is 36.4 Å². The molecule has 4 rings (SSSR count). The van der Waals surface area contributed by atoms with E-state index in [1.165, 1.54) is 7.11 Å². The normalized spacial score (nSPS) is 16.2. The summed E-state index contributed by atoms with van der Waals surface area (Å²) >= 11 is 6.03. The third kappa shape index (κ3) is 5.43. The SMILES string of the molecule is COC(=O)Nc1cc(C(=O)N2CCNCC2)ccc1N1CCN(C(=O)c2cccc(Cl)c2)CC1. The number of anilines is 2. The van der Waals surface area contributed by atoms with Crippen LogP contribution in [0.5, 0.6) is 0 Å². The molecule has 0 unspecified atom stereocenters. The maximum Gasteiger partial charge on any atom is 0.411 e.